The summed E-state index contributed by atoms with van der Waals surface area (Å²) in [5.41, 5.74) is 2.75. The van der Waals surface area contributed by atoms with Crippen LogP contribution in [0.5, 0.6) is 17.2 Å². The second-order valence-electron chi connectivity index (χ2n) is 9.77. The number of fused-ring (bicyclic) bond motifs is 2. The number of ketones is 1. The zero-order valence-corrected chi connectivity index (χ0v) is 23.0. The monoisotopic (exact) mass is 556 g/mol. The normalized spacial score (nSPS) is 17.9. The highest BCUT2D eigenvalue weighted by atomic mass is 32.1. The number of ether oxygens (including phenoxy) is 3. The lowest BCUT2D eigenvalue weighted by atomic mass is 9.95. The summed E-state index contributed by atoms with van der Waals surface area (Å²) in [5, 5.41) is 11.9. The molecule has 1 unspecified atom stereocenters. The third kappa shape index (κ3) is 4.66. The number of thiazole rings is 1. The van der Waals surface area contributed by atoms with Crippen LogP contribution >= 0.6 is 11.3 Å². The number of rotatable bonds is 7. The van der Waals surface area contributed by atoms with Crippen LogP contribution in [0, 0.1) is 6.92 Å². The van der Waals surface area contributed by atoms with Gasteiger partial charge in [0.2, 0.25) is 0 Å². The molecule has 0 aliphatic carbocycles. The molecule has 2 aliphatic heterocycles. The van der Waals surface area contributed by atoms with Gasteiger partial charge in [-0.15, -0.1) is 0 Å². The fourth-order valence-corrected chi connectivity index (χ4v) is 6.01. The Bertz CT molecular complexity index is 1660. The smallest absolute Gasteiger partial charge is 0.301 e. The molecular formula is C31H28N2O6S. The number of aromatic nitrogens is 1. The predicted molar refractivity (Wildman–Crippen MR) is 153 cm³/mol. The molecule has 0 spiro atoms. The second-order valence-corrected chi connectivity index (χ2v) is 10.8. The standard InChI is InChI=1S/C31H28N2O6S/c1-3-4-12-37-21-7-5-6-19(16-21)27-26(28(34)20-9-11-23-24(17-20)39-14-13-38-23)29(35)30(36)33(27)31-32-22-10-8-18(2)15-25(22)40-31/h5-11,15-17,27,34H,3-4,12-14H2,1-2H3. The molecule has 1 N–H and O–H groups in total. The highest BCUT2D eigenvalue weighted by Gasteiger charge is 2.48. The zero-order valence-electron chi connectivity index (χ0n) is 22.2. The molecule has 2 aliphatic rings. The number of unbranched alkanes of at least 4 members (excludes halogenated alkanes) is 1. The lowest BCUT2D eigenvalue weighted by Gasteiger charge is -2.24. The maximum Gasteiger partial charge on any atom is 0.301 e. The maximum atomic E-state index is 13.6. The fraction of sp³-hybridized carbons (Fsp3) is 0.258. The summed E-state index contributed by atoms with van der Waals surface area (Å²) in [4.78, 5) is 33.3. The Labute approximate surface area is 235 Å². The number of Topliss-reactive ketones (excluding diaryl/α,β-unsaturated/α-hetero) is 1. The molecule has 3 aromatic carbocycles. The molecular weight excluding hydrogens is 528 g/mol. The van der Waals surface area contributed by atoms with E-state index in [4.69, 9.17) is 19.2 Å². The van der Waals surface area contributed by atoms with Crippen LogP contribution in [0.25, 0.3) is 16.0 Å². The second kappa shape index (κ2) is 10.7. The predicted octanol–water partition coefficient (Wildman–Crippen LogP) is 6.18. The van der Waals surface area contributed by atoms with E-state index in [0.717, 1.165) is 28.6 Å². The van der Waals surface area contributed by atoms with E-state index in [1.807, 2.05) is 49.4 Å². The Balaban J connectivity index is 1.50. The summed E-state index contributed by atoms with van der Waals surface area (Å²) in [5.74, 6) is -0.189. The van der Waals surface area contributed by atoms with E-state index in [0.29, 0.717) is 53.3 Å². The molecule has 204 valence electrons. The number of benzene rings is 3. The van der Waals surface area contributed by atoms with Gasteiger partial charge in [-0.05, 0) is 66.9 Å². The van der Waals surface area contributed by atoms with Gasteiger partial charge in [-0.2, -0.15) is 0 Å². The van der Waals surface area contributed by atoms with Crippen molar-refractivity contribution < 1.29 is 28.9 Å². The van der Waals surface area contributed by atoms with Crippen molar-refractivity contribution in [1.29, 1.82) is 0 Å². The Kier molecular flexibility index (Phi) is 6.89. The first-order valence-corrected chi connectivity index (χ1v) is 14.1. The first-order chi connectivity index (χ1) is 19.4. The van der Waals surface area contributed by atoms with Crippen molar-refractivity contribution >= 4 is 44.1 Å². The molecule has 1 atom stereocenters. The van der Waals surface area contributed by atoms with Crippen LogP contribution in [-0.4, -0.2) is 41.6 Å². The molecule has 8 nitrogen and oxygen atoms in total. The van der Waals surface area contributed by atoms with Crippen molar-refractivity contribution in [2.45, 2.75) is 32.7 Å². The summed E-state index contributed by atoms with van der Waals surface area (Å²) in [6.45, 7) is 5.44. The average molecular weight is 557 g/mol. The van der Waals surface area contributed by atoms with Crippen LogP contribution < -0.4 is 19.1 Å². The van der Waals surface area contributed by atoms with Gasteiger partial charge >= 0.3 is 5.91 Å². The summed E-state index contributed by atoms with van der Waals surface area (Å²) in [7, 11) is 0. The number of aryl methyl sites for hydroxylation is 1. The number of amides is 1. The van der Waals surface area contributed by atoms with Gasteiger partial charge in [0.1, 0.15) is 24.7 Å². The molecule has 1 aromatic heterocycles. The van der Waals surface area contributed by atoms with Crippen molar-refractivity contribution in [3.05, 3.63) is 82.9 Å². The zero-order chi connectivity index (χ0) is 27.8. The van der Waals surface area contributed by atoms with Gasteiger partial charge < -0.3 is 19.3 Å². The van der Waals surface area contributed by atoms with Crippen molar-refractivity contribution in [3.63, 3.8) is 0 Å². The van der Waals surface area contributed by atoms with E-state index in [1.54, 1.807) is 18.2 Å². The topological polar surface area (TPSA) is 98.2 Å². The molecule has 0 radical (unpaired) electrons. The van der Waals surface area contributed by atoms with Crippen molar-refractivity contribution in [2.24, 2.45) is 0 Å². The summed E-state index contributed by atoms with van der Waals surface area (Å²) in [6.07, 6.45) is 1.89. The lowest BCUT2D eigenvalue weighted by molar-refractivity contribution is -0.132. The quantitative estimate of drug-likeness (QED) is 0.126. The minimum absolute atomic E-state index is 0.0252. The number of aliphatic hydroxyl groups is 1. The number of anilines is 1. The van der Waals surface area contributed by atoms with Gasteiger partial charge in [0, 0.05) is 5.56 Å². The summed E-state index contributed by atoms with van der Waals surface area (Å²) < 4.78 is 18.1. The van der Waals surface area contributed by atoms with Gasteiger partial charge in [0.25, 0.3) is 5.78 Å². The van der Waals surface area contributed by atoms with Gasteiger partial charge in [0.05, 0.1) is 28.4 Å². The number of nitrogens with zero attached hydrogens (tertiary/aromatic N) is 2. The van der Waals surface area contributed by atoms with Crippen LogP contribution in [0.4, 0.5) is 5.13 Å². The molecule has 3 heterocycles. The lowest BCUT2D eigenvalue weighted by Crippen LogP contribution is -2.29. The van der Waals surface area contributed by atoms with Crippen molar-refractivity contribution in [2.75, 3.05) is 24.7 Å². The van der Waals surface area contributed by atoms with Crippen molar-refractivity contribution in [3.8, 4) is 17.2 Å². The Hall–Kier alpha value is -4.37. The third-order valence-corrected chi connectivity index (χ3v) is 7.96. The summed E-state index contributed by atoms with van der Waals surface area (Å²) in [6, 6.07) is 17.2. The molecule has 1 saturated heterocycles. The Morgan fingerprint density at radius 3 is 2.73 bits per heavy atom. The number of aliphatic hydroxyl groups excluding tert-OH is 1. The Morgan fingerprint density at radius 2 is 1.90 bits per heavy atom. The fourth-order valence-electron chi connectivity index (χ4n) is 4.92. The van der Waals surface area contributed by atoms with E-state index >= 15 is 0 Å². The number of carbonyl (C=O) groups is 2. The molecule has 0 bridgehead atoms. The molecule has 6 rings (SSSR count). The summed E-state index contributed by atoms with van der Waals surface area (Å²) >= 11 is 1.33. The van der Waals surface area contributed by atoms with E-state index in [2.05, 4.69) is 6.92 Å². The first kappa shape index (κ1) is 25.9. The highest BCUT2D eigenvalue weighted by Crippen LogP contribution is 2.45. The first-order valence-electron chi connectivity index (χ1n) is 13.3. The van der Waals surface area contributed by atoms with Crippen LogP contribution in [0.3, 0.4) is 0 Å². The van der Waals surface area contributed by atoms with E-state index in [9.17, 15) is 14.7 Å². The van der Waals surface area contributed by atoms with Crippen LogP contribution in [-0.2, 0) is 9.59 Å². The van der Waals surface area contributed by atoms with Gasteiger partial charge in [0.15, 0.2) is 16.6 Å². The highest BCUT2D eigenvalue weighted by molar-refractivity contribution is 7.22. The largest absolute Gasteiger partial charge is 0.507 e. The number of hydrogen-bond acceptors (Lipinski definition) is 8. The van der Waals surface area contributed by atoms with E-state index in [1.165, 1.54) is 16.2 Å². The number of hydrogen-bond donors (Lipinski definition) is 1. The van der Waals surface area contributed by atoms with Crippen LogP contribution in [0.2, 0.25) is 0 Å². The molecule has 4 aromatic rings. The third-order valence-electron chi connectivity index (χ3n) is 6.94. The molecule has 40 heavy (non-hydrogen) atoms. The van der Waals surface area contributed by atoms with Crippen molar-refractivity contribution in [1.82, 2.24) is 4.98 Å². The molecule has 0 saturated carbocycles. The van der Waals surface area contributed by atoms with Gasteiger partial charge in [-0.1, -0.05) is 42.9 Å². The Morgan fingerprint density at radius 1 is 1.07 bits per heavy atom. The van der Waals surface area contributed by atoms with Crippen LogP contribution in [0.1, 0.15) is 42.5 Å². The number of carbonyl (C=O) groups excluding carboxylic acids is 2. The minimum atomic E-state index is -0.912. The van der Waals surface area contributed by atoms with Crippen LogP contribution in [0.15, 0.2) is 66.2 Å². The SMILES string of the molecule is CCCCOc1cccc(C2C(=C(O)c3ccc4c(c3)OCCO4)C(=O)C(=O)N2c2nc3ccc(C)cc3s2)c1. The average Bonchev–Trinajstić information content (AvgIpc) is 3.50. The molecule has 1 amide bonds. The van der Waals surface area contributed by atoms with E-state index < -0.39 is 17.7 Å². The maximum absolute atomic E-state index is 13.6. The minimum Gasteiger partial charge on any atom is -0.507 e. The van der Waals surface area contributed by atoms with Gasteiger partial charge in [-0.25, -0.2) is 4.98 Å². The van der Waals surface area contributed by atoms with Gasteiger partial charge in [-0.3, -0.25) is 14.5 Å². The van der Waals surface area contributed by atoms with E-state index in [-0.39, 0.29) is 11.3 Å². The molecule has 9 heteroatoms. The molecule has 1 fully saturated rings.